The summed E-state index contributed by atoms with van der Waals surface area (Å²) in [7, 11) is 1.40. The van der Waals surface area contributed by atoms with Crippen LogP contribution in [0, 0.1) is 5.82 Å². The molecule has 1 heterocycles. The average molecular weight is 452 g/mol. The van der Waals surface area contributed by atoms with Crippen LogP contribution in [0.1, 0.15) is 11.1 Å². The molecule has 2 amide bonds. The van der Waals surface area contributed by atoms with Crippen molar-refractivity contribution in [3.05, 3.63) is 63.3 Å². The van der Waals surface area contributed by atoms with E-state index in [9.17, 15) is 18.8 Å². The van der Waals surface area contributed by atoms with Crippen molar-refractivity contribution < 1.29 is 33.4 Å². The Balaban J connectivity index is 1.80. The molecule has 1 N–H and O–H groups in total. The first-order chi connectivity index (χ1) is 14.3. The smallest absolute Gasteiger partial charge is 0.341 e. The minimum atomic E-state index is -1.13. The summed E-state index contributed by atoms with van der Waals surface area (Å²) in [5, 5.41) is 8.37. The Kier molecular flexibility index (Phi) is 6.63. The van der Waals surface area contributed by atoms with Crippen molar-refractivity contribution in [2.75, 3.05) is 13.7 Å². The quantitative estimate of drug-likeness (QED) is 0.631. The van der Waals surface area contributed by atoms with E-state index < -0.39 is 29.5 Å². The Morgan fingerprint density at radius 3 is 2.67 bits per heavy atom. The second-order valence-electron chi connectivity index (χ2n) is 6.10. The number of carboxylic acids is 1. The highest BCUT2D eigenvalue weighted by Crippen LogP contribution is 2.36. The standard InChI is InChI=1S/C20H15ClFNO6S/c1-28-16-6-11(2-5-15(16)29-10-18(24)25)7-17-19(26)23(20(27)30-17)9-12-3-4-13(22)8-14(12)21/h2-8H,9-10H2,1H3,(H,24,25)/b17-7-. The highest BCUT2D eigenvalue weighted by molar-refractivity contribution is 8.18. The molecule has 0 spiro atoms. The number of rotatable bonds is 7. The van der Waals surface area contributed by atoms with Gasteiger partial charge in [0.15, 0.2) is 18.1 Å². The minimum absolute atomic E-state index is 0.0770. The van der Waals surface area contributed by atoms with E-state index in [0.29, 0.717) is 11.1 Å². The summed E-state index contributed by atoms with van der Waals surface area (Å²) in [5.41, 5.74) is 1.00. The van der Waals surface area contributed by atoms with Gasteiger partial charge in [0.05, 0.1) is 18.6 Å². The third-order valence-electron chi connectivity index (χ3n) is 4.05. The zero-order valence-corrected chi connectivity index (χ0v) is 17.1. The monoisotopic (exact) mass is 451 g/mol. The van der Waals surface area contributed by atoms with Gasteiger partial charge in [0.25, 0.3) is 11.1 Å². The number of benzene rings is 2. The number of aliphatic carboxylic acids is 1. The van der Waals surface area contributed by atoms with E-state index >= 15 is 0 Å². The predicted molar refractivity (Wildman–Crippen MR) is 109 cm³/mol. The number of carboxylic acid groups (broad SMARTS) is 1. The van der Waals surface area contributed by atoms with Gasteiger partial charge in [-0.25, -0.2) is 9.18 Å². The van der Waals surface area contributed by atoms with Gasteiger partial charge >= 0.3 is 5.97 Å². The minimum Gasteiger partial charge on any atom is -0.493 e. The lowest BCUT2D eigenvalue weighted by Crippen LogP contribution is -2.27. The van der Waals surface area contributed by atoms with Crippen LogP contribution < -0.4 is 9.47 Å². The Morgan fingerprint density at radius 1 is 1.23 bits per heavy atom. The normalized spacial score (nSPS) is 15.0. The van der Waals surface area contributed by atoms with E-state index in [4.69, 9.17) is 26.2 Å². The third kappa shape index (κ3) is 4.92. The number of amides is 2. The highest BCUT2D eigenvalue weighted by Gasteiger charge is 2.35. The molecule has 0 atom stereocenters. The van der Waals surface area contributed by atoms with E-state index in [1.54, 1.807) is 12.1 Å². The lowest BCUT2D eigenvalue weighted by atomic mass is 10.1. The Morgan fingerprint density at radius 2 is 2.00 bits per heavy atom. The first kappa shape index (κ1) is 21.7. The van der Waals surface area contributed by atoms with Crippen molar-refractivity contribution in [1.82, 2.24) is 4.90 Å². The molecule has 1 aliphatic heterocycles. The summed E-state index contributed by atoms with van der Waals surface area (Å²) in [5.74, 6) is -1.63. The summed E-state index contributed by atoms with van der Waals surface area (Å²) in [6.07, 6.45) is 1.51. The molecule has 1 aliphatic rings. The van der Waals surface area contributed by atoms with Crippen LogP contribution in [0.25, 0.3) is 6.08 Å². The maximum absolute atomic E-state index is 13.2. The number of carbonyl (C=O) groups excluding carboxylic acids is 2. The van der Waals surface area contributed by atoms with Crippen molar-refractivity contribution in [1.29, 1.82) is 0 Å². The molecule has 2 aromatic carbocycles. The van der Waals surface area contributed by atoms with Crippen LogP contribution in [0.15, 0.2) is 41.3 Å². The van der Waals surface area contributed by atoms with Gasteiger partial charge in [-0.05, 0) is 53.2 Å². The fraction of sp³-hybridized carbons (Fsp3) is 0.150. The molecule has 0 unspecified atom stereocenters. The molecule has 1 saturated heterocycles. The van der Waals surface area contributed by atoms with Gasteiger partial charge in [-0.1, -0.05) is 23.7 Å². The molecule has 3 rings (SSSR count). The Labute approximate surface area is 180 Å². The molecule has 0 aromatic heterocycles. The number of methoxy groups -OCH3 is 1. The van der Waals surface area contributed by atoms with E-state index in [0.717, 1.165) is 22.7 Å². The van der Waals surface area contributed by atoms with Gasteiger partial charge in [-0.3, -0.25) is 14.5 Å². The first-order valence-electron chi connectivity index (χ1n) is 8.50. The molecule has 10 heteroatoms. The largest absolute Gasteiger partial charge is 0.493 e. The van der Waals surface area contributed by atoms with Gasteiger partial charge in [-0.15, -0.1) is 0 Å². The van der Waals surface area contributed by atoms with Gasteiger partial charge in [0.2, 0.25) is 0 Å². The van der Waals surface area contributed by atoms with Crippen LogP contribution in [0.2, 0.25) is 5.02 Å². The van der Waals surface area contributed by atoms with Gasteiger partial charge in [0, 0.05) is 5.02 Å². The van der Waals surface area contributed by atoms with Crippen molar-refractivity contribution in [2.45, 2.75) is 6.54 Å². The number of hydrogen-bond donors (Lipinski definition) is 1. The lowest BCUT2D eigenvalue weighted by molar-refractivity contribution is -0.139. The molecule has 0 saturated carbocycles. The topological polar surface area (TPSA) is 93.1 Å². The lowest BCUT2D eigenvalue weighted by Gasteiger charge is -2.13. The maximum Gasteiger partial charge on any atom is 0.341 e. The van der Waals surface area contributed by atoms with Gasteiger partial charge in [-0.2, -0.15) is 0 Å². The molecule has 2 aromatic rings. The molecule has 0 bridgehead atoms. The van der Waals surface area contributed by atoms with Crippen molar-refractivity contribution >= 4 is 46.6 Å². The first-order valence-corrected chi connectivity index (χ1v) is 9.70. The summed E-state index contributed by atoms with van der Waals surface area (Å²) < 4.78 is 23.5. The van der Waals surface area contributed by atoms with Crippen LogP contribution >= 0.6 is 23.4 Å². The van der Waals surface area contributed by atoms with E-state index in [1.807, 2.05) is 0 Å². The number of carbonyl (C=O) groups is 3. The fourth-order valence-electron chi connectivity index (χ4n) is 2.64. The van der Waals surface area contributed by atoms with E-state index in [1.165, 1.54) is 31.4 Å². The SMILES string of the molecule is COc1cc(/C=C2\SC(=O)N(Cc3ccc(F)cc3Cl)C2=O)ccc1OCC(=O)O. The highest BCUT2D eigenvalue weighted by atomic mass is 35.5. The second-order valence-corrected chi connectivity index (χ2v) is 7.50. The maximum atomic E-state index is 13.2. The van der Waals surface area contributed by atoms with E-state index in [2.05, 4.69) is 0 Å². The average Bonchev–Trinajstić information content (AvgIpc) is 2.96. The number of hydrogen-bond acceptors (Lipinski definition) is 6. The van der Waals surface area contributed by atoms with Crippen molar-refractivity contribution in [2.24, 2.45) is 0 Å². The number of ether oxygens (including phenoxy) is 2. The number of imide groups is 1. The second kappa shape index (κ2) is 9.19. The van der Waals surface area contributed by atoms with Crippen molar-refractivity contribution in [3.8, 4) is 11.5 Å². The summed E-state index contributed by atoms with van der Waals surface area (Å²) in [4.78, 5) is 36.9. The van der Waals surface area contributed by atoms with Crippen LogP contribution in [0.3, 0.4) is 0 Å². The fourth-order valence-corrected chi connectivity index (χ4v) is 3.71. The number of halogens is 2. The van der Waals surface area contributed by atoms with Crippen LogP contribution in [0.4, 0.5) is 9.18 Å². The van der Waals surface area contributed by atoms with Crippen LogP contribution in [-0.2, 0) is 16.1 Å². The molecule has 7 nitrogen and oxygen atoms in total. The van der Waals surface area contributed by atoms with E-state index in [-0.39, 0.29) is 28.0 Å². The summed E-state index contributed by atoms with van der Waals surface area (Å²) in [6.45, 7) is -0.604. The van der Waals surface area contributed by atoms with Crippen LogP contribution in [0.5, 0.6) is 11.5 Å². The zero-order valence-electron chi connectivity index (χ0n) is 15.6. The molecular weight excluding hydrogens is 437 g/mol. The van der Waals surface area contributed by atoms with Crippen molar-refractivity contribution in [3.63, 3.8) is 0 Å². The molecule has 30 heavy (non-hydrogen) atoms. The molecular formula is C20H15ClFNO6S. The molecule has 0 aliphatic carbocycles. The molecule has 156 valence electrons. The van der Waals surface area contributed by atoms with Crippen LogP contribution in [-0.4, -0.2) is 40.8 Å². The summed E-state index contributed by atoms with van der Waals surface area (Å²) in [6, 6.07) is 8.41. The Hall–Kier alpha value is -3.04. The zero-order chi connectivity index (χ0) is 21.8. The molecule has 1 fully saturated rings. The summed E-state index contributed by atoms with van der Waals surface area (Å²) >= 11 is 6.76. The van der Waals surface area contributed by atoms with Gasteiger partial charge in [0.1, 0.15) is 5.82 Å². The van der Waals surface area contributed by atoms with Gasteiger partial charge < -0.3 is 14.6 Å². The number of nitrogens with zero attached hydrogens (tertiary/aromatic N) is 1. The third-order valence-corrected chi connectivity index (χ3v) is 5.31. The predicted octanol–water partition coefficient (Wildman–Crippen LogP) is 4.19. The number of thioether (sulfide) groups is 1. The molecule has 0 radical (unpaired) electrons. The Bertz CT molecular complexity index is 1060.